The molecule has 0 spiro atoms. The van der Waals surface area contributed by atoms with Crippen LogP contribution < -0.4 is 14.9 Å². The van der Waals surface area contributed by atoms with Gasteiger partial charge in [0, 0.05) is 10.6 Å². The molecular formula is C18H13ClO6. The number of fused-ring (bicyclic) bond motifs is 1. The zero-order valence-electron chi connectivity index (χ0n) is 13.4. The summed E-state index contributed by atoms with van der Waals surface area (Å²) in [5.41, 5.74) is 0.325. The second kappa shape index (κ2) is 6.86. The highest BCUT2D eigenvalue weighted by molar-refractivity contribution is 6.31. The molecule has 0 aliphatic heterocycles. The van der Waals surface area contributed by atoms with Crippen LogP contribution in [0.1, 0.15) is 0 Å². The topological polar surface area (TPSA) is 75.0 Å². The van der Waals surface area contributed by atoms with E-state index in [2.05, 4.69) is 4.74 Å². The van der Waals surface area contributed by atoms with Crippen molar-refractivity contribution >= 4 is 28.7 Å². The zero-order chi connectivity index (χ0) is 18.0. The fraction of sp³-hybridized carbons (Fsp3) is 0.111. The average molecular weight is 361 g/mol. The van der Waals surface area contributed by atoms with Gasteiger partial charge in [-0.15, -0.1) is 0 Å². The number of methoxy groups -OCH3 is 2. The Bertz CT molecular complexity index is 991. The molecule has 0 N–H and O–H groups in total. The standard InChI is InChI=1S/C18H13ClO6/c1-22-12-6-3-10(4-7-12)16-17(25-18(21)23-2)15(20)13-9-11(19)5-8-14(13)24-16/h3-9H,1-2H3. The molecule has 0 bridgehead atoms. The Balaban J connectivity index is 2.27. The minimum Gasteiger partial charge on any atom is -0.497 e. The number of halogens is 1. The van der Waals surface area contributed by atoms with Crippen LogP contribution in [0.15, 0.2) is 51.7 Å². The Morgan fingerprint density at radius 1 is 1.08 bits per heavy atom. The highest BCUT2D eigenvalue weighted by Gasteiger charge is 2.21. The van der Waals surface area contributed by atoms with Gasteiger partial charge in [0.05, 0.1) is 19.6 Å². The Morgan fingerprint density at radius 2 is 1.80 bits per heavy atom. The number of hydrogen-bond donors (Lipinski definition) is 0. The minimum absolute atomic E-state index is 0.105. The second-order valence-electron chi connectivity index (χ2n) is 5.01. The first-order chi connectivity index (χ1) is 12.0. The molecule has 0 fully saturated rings. The van der Waals surface area contributed by atoms with Crippen LogP contribution in [0.4, 0.5) is 4.79 Å². The van der Waals surface area contributed by atoms with Crippen LogP contribution in [0.3, 0.4) is 0 Å². The molecule has 2 aromatic carbocycles. The fourth-order valence-electron chi connectivity index (χ4n) is 2.30. The van der Waals surface area contributed by atoms with Crippen LogP contribution in [0.25, 0.3) is 22.3 Å². The number of carbonyl (C=O) groups excluding carboxylic acids is 1. The average Bonchev–Trinajstić information content (AvgIpc) is 2.64. The van der Waals surface area contributed by atoms with Gasteiger partial charge in [0.2, 0.25) is 11.2 Å². The molecule has 25 heavy (non-hydrogen) atoms. The first-order valence-corrected chi connectivity index (χ1v) is 7.58. The van der Waals surface area contributed by atoms with E-state index >= 15 is 0 Å². The number of rotatable bonds is 3. The zero-order valence-corrected chi connectivity index (χ0v) is 14.1. The summed E-state index contributed by atoms with van der Waals surface area (Å²) in [6.45, 7) is 0. The van der Waals surface area contributed by atoms with Gasteiger partial charge < -0.3 is 18.6 Å². The first kappa shape index (κ1) is 16.9. The van der Waals surface area contributed by atoms with Crippen molar-refractivity contribution in [2.24, 2.45) is 0 Å². The molecule has 1 aromatic heterocycles. The van der Waals surface area contributed by atoms with Crippen LogP contribution in [0.2, 0.25) is 5.02 Å². The van der Waals surface area contributed by atoms with E-state index in [1.54, 1.807) is 43.5 Å². The second-order valence-corrected chi connectivity index (χ2v) is 5.45. The van der Waals surface area contributed by atoms with E-state index in [-0.39, 0.29) is 16.9 Å². The van der Waals surface area contributed by atoms with E-state index in [4.69, 9.17) is 25.5 Å². The number of carbonyl (C=O) groups is 1. The summed E-state index contributed by atoms with van der Waals surface area (Å²) < 4.78 is 20.4. The Morgan fingerprint density at radius 3 is 2.44 bits per heavy atom. The van der Waals surface area contributed by atoms with Crippen molar-refractivity contribution in [2.75, 3.05) is 14.2 Å². The highest BCUT2D eigenvalue weighted by Crippen LogP contribution is 2.32. The highest BCUT2D eigenvalue weighted by atomic mass is 35.5. The molecule has 128 valence electrons. The van der Waals surface area contributed by atoms with Crippen LogP contribution in [0.5, 0.6) is 11.5 Å². The lowest BCUT2D eigenvalue weighted by atomic mass is 10.1. The quantitative estimate of drug-likeness (QED) is 0.649. The van der Waals surface area contributed by atoms with E-state index in [0.29, 0.717) is 21.9 Å². The van der Waals surface area contributed by atoms with Crippen molar-refractivity contribution < 1.29 is 23.4 Å². The van der Waals surface area contributed by atoms with E-state index in [0.717, 1.165) is 7.11 Å². The van der Waals surface area contributed by atoms with Gasteiger partial charge in [-0.25, -0.2) is 4.79 Å². The summed E-state index contributed by atoms with van der Waals surface area (Å²) in [4.78, 5) is 24.3. The van der Waals surface area contributed by atoms with E-state index in [1.165, 1.54) is 6.07 Å². The lowest BCUT2D eigenvalue weighted by Gasteiger charge is -2.10. The molecule has 6 nitrogen and oxygen atoms in total. The van der Waals surface area contributed by atoms with Crippen molar-refractivity contribution in [3.05, 3.63) is 57.7 Å². The summed E-state index contributed by atoms with van der Waals surface area (Å²) in [7, 11) is 2.69. The molecule has 3 rings (SSSR count). The van der Waals surface area contributed by atoms with E-state index in [1.807, 2.05) is 0 Å². The van der Waals surface area contributed by atoms with Gasteiger partial charge in [0.15, 0.2) is 5.76 Å². The summed E-state index contributed by atoms with van der Waals surface area (Å²) in [5.74, 6) is 0.466. The maximum absolute atomic E-state index is 12.8. The van der Waals surface area contributed by atoms with Crippen LogP contribution in [0, 0.1) is 0 Å². The summed E-state index contributed by atoms with van der Waals surface area (Å²) in [5, 5.41) is 0.560. The molecule has 0 unspecified atom stereocenters. The SMILES string of the molecule is COC(=O)Oc1c(-c2ccc(OC)cc2)oc2ccc(Cl)cc2c1=O. The van der Waals surface area contributed by atoms with Gasteiger partial charge in [0.1, 0.15) is 11.3 Å². The molecule has 0 atom stereocenters. The third-order valence-corrected chi connectivity index (χ3v) is 3.75. The minimum atomic E-state index is -1.02. The summed E-state index contributed by atoms with van der Waals surface area (Å²) in [6, 6.07) is 11.4. The van der Waals surface area contributed by atoms with Gasteiger partial charge in [-0.3, -0.25) is 4.79 Å². The molecule has 3 aromatic rings. The van der Waals surface area contributed by atoms with E-state index < -0.39 is 11.6 Å². The number of benzene rings is 2. The van der Waals surface area contributed by atoms with Crippen LogP contribution >= 0.6 is 11.6 Å². The molecule has 7 heteroatoms. The number of hydrogen-bond acceptors (Lipinski definition) is 6. The fourth-order valence-corrected chi connectivity index (χ4v) is 2.47. The third kappa shape index (κ3) is 3.29. The van der Waals surface area contributed by atoms with Gasteiger partial charge in [0.25, 0.3) is 0 Å². The normalized spacial score (nSPS) is 10.5. The van der Waals surface area contributed by atoms with Gasteiger partial charge in [-0.1, -0.05) is 11.6 Å². The molecule has 0 radical (unpaired) electrons. The third-order valence-electron chi connectivity index (χ3n) is 3.51. The molecule has 0 saturated carbocycles. The Hall–Kier alpha value is -2.99. The van der Waals surface area contributed by atoms with Crippen molar-refractivity contribution in [2.45, 2.75) is 0 Å². The molecule has 0 aliphatic rings. The largest absolute Gasteiger partial charge is 0.513 e. The molecule has 0 aliphatic carbocycles. The molecule has 0 amide bonds. The predicted molar refractivity (Wildman–Crippen MR) is 92.5 cm³/mol. The smallest absolute Gasteiger partial charge is 0.497 e. The van der Waals surface area contributed by atoms with Crippen molar-refractivity contribution in [1.29, 1.82) is 0 Å². The molecular weight excluding hydrogens is 348 g/mol. The summed E-state index contributed by atoms with van der Waals surface area (Å²) in [6.07, 6.45) is -1.02. The van der Waals surface area contributed by atoms with Crippen molar-refractivity contribution in [3.63, 3.8) is 0 Å². The maximum Gasteiger partial charge on any atom is 0.513 e. The Kier molecular flexibility index (Phi) is 4.63. The van der Waals surface area contributed by atoms with Crippen LogP contribution in [-0.2, 0) is 4.74 Å². The number of ether oxygens (including phenoxy) is 3. The van der Waals surface area contributed by atoms with Crippen molar-refractivity contribution in [1.82, 2.24) is 0 Å². The first-order valence-electron chi connectivity index (χ1n) is 7.20. The van der Waals surface area contributed by atoms with Crippen molar-refractivity contribution in [3.8, 4) is 22.8 Å². The van der Waals surface area contributed by atoms with Gasteiger partial charge >= 0.3 is 6.16 Å². The molecule has 0 saturated heterocycles. The van der Waals surface area contributed by atoms with Crippen LogP contribution in [-0.4, -0.2) is 20.4 Å². The maximum atomic E-state index is 12.8. The summed E-state index contributed by atoms with van der Waals surface area (Å²) >= 11 is 5.94. The van der Waals surface area contributed by atoms with E-state index in [9.17, 15) is 9.59 Å². The predicted octanol–water partition coefficient (Wildman–Crippen LogP) is 4.27. The van der Waals surface area contributed by atoms with Gasteiger partial charge in [-0.05, 0) is 42.5 Å². The lowest BCUT2D eigenvalue weighted by Crippen LogP contribution is -2.15. The molecule has 1 heterocycles. The lowest BCUT2D eigenvalue weighted by molar-refractivity contribution is 0.120. The van der Waals surface area contributed by atoms with Gasteiger partial charge in [-0.2, -0.15) is 0 Å². The Labute approximate surface area is 147 Å². The monoisotopic (exact) mass is 360 g/mol.